The number of hydrogen-bond acceptors (Lipinski definition) is 3. The van der Waals surface area contributed by atoms with Gasteiger partial charge in [-0.2, -0.15) is 0 Å². The molecular formula is C18H15BrClF2NO3. The average molecular weight is 447 g/mol. The molecule has 1 atom stereocenters. The molecule has 0 radical (unpaired) electrons. The fourth-order valence-corrected chi connectivity index (χ4v) is 3.00. The third-order valence-corrected chi connectivity index (χ3v) is 4.55. The maximum Gasteiger partial charge on any atom is 0.328 e. The highest BCUT2D eigenvalue weighted by Gasteiger charge is 2.23. The molecule has 0 fully saturated rings. The van der Waals surface area contributed by atoms with Gasteiger partial charge in [0.15, 0.2) is 0 Å². The SMILES string of the molecule is COC(=O)[C@@H](Cc1cc(Cl)ccc1Br)NC(=O)Cc1cc(F)cc(F)c1. The average Bonchev–Trinajstić information content (AvgIpc) is 2.55. The predicted molar refractivity (Wildman–Crippen MR) is 96.9 cm³/mol. The Hall–Kier alpha value is -1.99. The Balaban J connectivity index is 2.13. The van der Waals surface area contributed by atoms with Crippen LogP contribution in [0.4, 0.5) is 8.78 Å². The van der Waals surface area contributed by atoms with E-state index in [4.69, 9.17) is 16.3 Å². The molecule has 0 saturated heterocycles. The molecule has 0 spiro atoms. The van der Waals surface area contributed by atoms with E-state index in [2.05, 4.69) is 21.2 Å². The molecule has 2 rings (SSSR count). The summed E-state index contributed by atoms with van der Waals surface area (Å²) in [7, 11) is 1.20. The van der Waals surface area contributed by atoms with E-state index in [1.165, 1.54) is 7.11 Å². The van der Waals surface area contributed by atoms with Gasteiger partial charge >= 0.3 is 5.97 Å². The smallest absolute Gasteiger partial charge is 0.328 e. The summed E-state index contributed by atoms with van der Waals surface area (Å²) in [6.07, 6.45) is -0.143. The first-order chi connectivity index (χ1) is 12.3. The second kappa shape index (κ2) is 9.09. The highest BCUT2D eigenvalue weighted by molar-refractivity contribution is 9.10. The zero-order chi connectivity index (χ0) is 19.3. The van der Waals surface area contributed by atoms with Crippen LogP contribution in [0.2, 0.25) is 5.02 Å². The van der Waals surface area contributed by atoms with E-state index < -0.39 is 29.6 Å². The van der Waals surface area contributed by atoms with Gasteiger partial charge in [-0.05, 0) is 41.5 Å². The van der Waals surface area contributed by atoms with E-state index in [9.17, 15) is 18.4 Å². The van der Waals surface area contributed by atoms with Gasteiger partial charge < -0.3 is 10.1 Å². The number of halogens is 4. The summed E-state index contributed by atoms with van der Waals surface area (Å²) in [5.41, 5.74) is 0.859. The van der Waals surface area contributed by atoms with Crippen molar-refractivity contribution in [3.63, 3.8) is 0 Å². The van der Waals surface area contributed by atoms with Gasteiger partial charge in [0, 0.05) is 22.0 Å². The highest BCUT2D eigenvalue weighted by Crippen LogP contribution is 2.22. The minimum absolute atomic E-state index is 0.136. The van der Waals surface area contributed by atoms with Crippen LogP contribution in [0.25, 0.3) is 0 Å². The van der Waals surface area contributed by atoms with Crippen LogP contribution in [0.5, 0.6) is 0 Å². The fraction of sp³-hybridized carbons (Fsp3) is 0.222. The Morgan fingerprint density at radius 3 is 2.46 bits per heavy atom. The molecule has 2 aromatic carbocycles. The van der Waals surface area contributed by atoms with Crippen molar-refractivity contribution in [3.8, 4) is 0 Å². The summed E-state index contributed by atoms with van der Waals surface area (Å²) in [5, 5.41) is 3.01. The lowest BCUT2D eigenvalue weighted by molar-refractivity contribution is -0.145. The maximum absolute atomic E-state index is 13.2. The van der Waals surface area contributed by atoms with Crippen molar-refractivity contribution in [1.29, 1.82) is 0 Å². The fourth-order valence-electron chi connectivity index (χ4n) is 2.40. The Morgan fingerprint density at radius 1 is 1.19 bits per heavy atom. The molecule has 4 nitrogen and oxygen atoms in total. The van der Waals surface area contributed by atoms with Crippen molar-refractivity contribution in [2.24, 2.45) is 0 Å². The predicted octanol–water partition coefficient (Wildman–Crippen LogP) is 3.82. The second-order valence-electron chi connectivity index (χ2n) is 5.54. The van der Waals surface area contributed by atoms with Gasteiger partial charge in [-0.15, -0.1) is 0 Å². The van der Waals surface area contributed by atoms with E-state index >= 15 is 0 Å². The number of methoxy groups -OCH3 is 1. The number of rotatable bonds is 6. The zero-order valence-corrected chi connectivity index (χ0v) is 16.0. The molecule has 0 saturated carbocycles. The van der Waals surface area contributed by atoms with Gasteiger partial charge in [0.1, 0.15) is 17.7 Å². The Morgan fingerprint density at radius 2 is 1.85 bits per heavy atom. The van der Waals surface area contributed by atoms with Crippen LogP contribution in [0.1, 0.15) is 11.1 Å². The number of hydrogen-bond donors (Lipinski definition) is 1. The molecule has 1 N–H and O–H groups in total. The van der Waals surface area contributed by atoms with Crippen LogP contribution in [0, 0.1) is 11.6 Å². The largest absolute Gasteiger partial charge is 0.467 e. The van der Waals surface area contributed by atoms with Crippen molar-refractivity contribution >= 4 is 39.4 Å². The first kappa shape index (κ1) is 20.3. The molecule has 0 bridgehead atoms. The number of esters is 1. The second-order valence-corrected chi connectivity index (χ2v) is 6.83. The first-order valence-electron chi connectivity index (χ1n) is 7.54. The summed E-state index contributed by atoms with van der Waals surface area (Å²) in [5.74, 6) is -2.76. The van der Waals surface area contributed by atoms with Crippen molar-refractivity contribution in [1.82, 2.24) is 5.32 Å². The standard InChI is InChI=1S/C18H15BrClF2NO3/c1-26-18(25)16(8-11-7-12(20)2-3-15(11)19)23-17(24)6-10-4-13(21)9-14(22)5-10/h2-5,7,9,16H,6,8H2,1H3,(H,23,24)/t16-/m1/s1. The third-order valence-electron chi connectivity index (χ3n) is 3.54. The molecule has 1 amide bonds. The Bertz CT molecular complexity index is 812. The molecule has 138 valence electrons. The van der Waals surface area contributed by atoms with Gasteiger partial charge in [-0.3, -0.25) is 4.79 Å². The van der Waals surface area contributed by atoms with Crippen molar-refractivity contribution in [2.75, 3.05) is 7.11 Å². The monoisotopic (exact) mass is 445 g/mol. The van der Waals surface area contributed by atoms with Gasteiger partial charge in [0.2, 0.25) is 5.91 Å². The van der Waals surface area contributed by atoms with E-state index in [0.717, 1.165) is 22.7 Å². The summed E-state index contributed by atoms with van der Waals surface area (Å²) in [6.45, 7) is 0. The van der Waals surface area contributed by atoms with E-state index in [0.29, 0.717) is 10.6 Å². The van der Waals surface area contributed by atoms with Crippen LogP contribution >= 0.6 is 27.5 Å². The summed E-state index contributed by atoms with van der Waals surface area (Å²) < 4.78 is 31.9. The Labute approximate surface area is 162 Å². The van der Waals surface area contributed by atoms with Crippen LogP contribution in [-0.2, 0) is 27.2 Å². The molecule has 26 heavy (non-hydrogen) atoms. The van der Waals surface area contributed by atoms with Crippen molar-refractivity contribution < 1.29 is 23.1 Å². The molecule has 0 aliphatic rings. The molecular weight excluding hydrogens is 432 g/mol. The van der Waals surface area contributed by atoms with E-state index in [1.54, 1.807) is 18.2 Å². The van der Waals surface area contributed by atoms with Gasteiger partial charge in [-0.1, -0.05) is 27.5 Å². The van der Waals surface area contributed by atoms with E-state index in [1.807, 2.05) is 0 Å². The third kappa shape index (κ3) is 5.78. The number of carbonyl (C=O) groups excluding carboxylic acids is 2. The number of amides is 1. The minimum Gasteiger partial charge on any atom is -0.467 e. The van der Waals surface area contributed by atoms with Gasteiger partial charge in [-0.25, -0.2) is 13.6 Å². The normalized spacial score (nSPS) is 11.7. The molecule has 2 aromatic rings. The van der Waals surface area contributed by atoms with Crippen LogP contribution < -0.4 is 5.32 Å². The lowest BCUT2D eigenvalue weighted by Crippen LogP contribution is -2.43. The quantitative estimate of drug-likeness (QED) is 0.686. The minimum atomic E-state index is -0.972. The molecule has 0 heterocycles. The molecule has 0 aliphatic heterocycles. The van der Waals surface area contributed by atoms with Crippen molar-refractivity contribution in [3.05, 3.63) is 68.7 Å². The van der Waals surface area contributed by atoms with Crippen LogP contribution in [0.3, 0.4) is 0 Å². The van der Waals surface area contributed by atoms with Gasteiger partial charge in [0.25, 0.3) is 0 Å². The lowest BCUT2D eigenvalue weighted by atomic mass is 10.1. The number of carbonyl (C=O) groups is 2. The topological polar surface area (TPSA) is 55.4 Å². The lowest BCUT2D eigenvalue weighted by Gasteiger charge is -2.17. The molecule has 0 aromatic heterocycles. The summed E-state index contributed by atoms with van der Waals surface area (Å²) >= 11 is 9.32. The van der Waals surface area contributed by atoms with E-state index in [-0.39, 0.29) is 18.4 Å². The molecule has 0 unspecified atom stereocenters. The van der Waals surface area contributed by atoms with Gasteiger partial charge in [0.05, 0.1) is 13.5 Å². The zero-order valence-electron chi connectivity index (χ0n) is 13.7. The summed E-state index contributed by atoms with van der Waals surface area (Å²) in [6, 6.07) is 6.93. The molecule has 0 aliphatic carbocycles. The first-order valence-corrected chi connectivity index (χ1v) is 8.71. The Kier molecular flexibility index (Phi) is 7.11. The summed E-state index contributed by atoms with van der Waals surface area (Å²) in [4.78, 5) is 24.2. The number of ether oxygens (including phenoxy) is 1. The van der Waals surface area contributed by atoms with Crippen LogP contribution in [0.15, 0.2) is 40.9 Å². The number of nitrogens with one attached hydrogen (secondary N) is 1. The molecule has 8 heteroatoms. The van der Waals surface area contributed by atoms with Crippen LogP contribution in [-0.4, -0.2) is 25.0 Å². The maximum atomic E-state index is 13.2. The van der Waals surface area contributed by atoms with Crippen molar-refractivity contribution in [2.45, 2.75) is 18.9 Å². The number of benzene rings is 2. The highest BCUT2D eigenvalue weighted by atomic mass is 79.9.